The summed E-state index contributed by atoms with van der Waals surface area (Å²) in [4.78, 5) is 19.6. The fourth-order valence-electron chi connectivity index (χ4n) is 2.04. The fourth-order valence-corrected chi connectivity index (χ4v) is 2.57. The van der Waals surface area contributed by atoms with Crippen LogP contribution in [0, 0.1) is 0 Å². The Morgan fingerprint density at radius 2 is 1.86 bits per heavy atom. The number of amides is 1. The molecule has 0 saturated heterocycles. The maximum Gasteiger partial charge on any atom is 0.251 e. The molecule has 1 aromatic heterocycles. The zero-order valence-electron chi connectivity index (χ0n) is 10.9. The molecule has 3 aromatic rings. The second-order valence-corrected chi connectivity index (χ2v) is 5.41. The van der Waals surface area contributed by atoms with Crippen molar-refractivity contribution in [1.82, 2.24) is 15.3 Å². The summed E-state index contributed by atoms with van der Waals surface area (Å²) in [6, 6.07) is 12.4. The number of fused-ring (bicyclic) bond motifs is 1. The summed E-state index contributed by atoms with van der Waals surface area (Å²) in [6.07, 6.45) is 0. The zero-order valence-corrected chi connectivity index (χ0v) is 12.4. The van der Waals surface area contributed by atoms with Gasteiger partial charge in [0.25, 0.3) is 5.91 Å². The van der Waals surface area contributed by atoms with Gasteiger partial charge in [-0.15, -0.1) is 0 Å². The van der Waals surface area contributed by atoms with Crippen molar-refractivity contribution in [3.8, 4) is 0 Å². The minimum absolute atomic E-state index is 0.250. The predicted octanol–water partition coefficient (Wildman–Crippen LogP) is 3.80. The van der Waals surface area contributed by atoms with Crippen LogP contribution in [0.1, 0.15) is 16.2 Å². The van der Waals surface area contributed by atoms with E-state index >= 15 is 0 Å². The van der Waals surface area contributed by atoms with Gasteiger partial charge in [-0.1, -0.05) is 35.3 Å². The van der Waals surface area contributed by atoms with Crippen LogP contribution >= 0.6 is 23.2 Å². The van der Waals surface area contributed by atoms with Gasteiger partial charge in [-0.2, -0.15) is 0 Å². The number of nitrogens with one attached hydrogen (secondary N) is 2. The van der Waals surface area contributed by atoms with Gasteiger partial charge in [0.15, 0.2) is 0 Å². The number of nitrogens with zero attached hydrogens (tertiary/aromatic N) is 1. The van der Waals surface area contributed by atoms with Crippen molar-refractivity contribution in [3.63, 3.8) is 0 Å². The third-order valence-electron chi connectivity index (χ3n) is 2.98. The molecule has 6 heteroatoms. The predicted molar refractivity (Wildman–Crippen MR) is 83.7 cm³/mol. The molecule has 0 spiro atoms. The average Bonchev–Trinajstić information content (AvgIpc) is 2.86. The molecule has 0 bridgehead atoms. The van der Waals surface area contributed by atoms with E-state index in [0.29, 0.717) is 28.0 Å². The first kappa shape index (κ1) is 13.9. The quantitative estimate of drug-likeness (QED) is 0.771. The van der Waals surface area contributed by atoms with E-state index in [9.17, 15) is 4.79 Å². The number of H-pyrrole nitrogens is 1. The molecule has 0 radical (unpaired) electrons. The normalized spacial score (nSPS) is 10.8. The number of aromatic nitrogens is 2. The Morgan fingerprint density at radius 1 is 1.14 bits per heavy atom. The van der Waals surface area contributed by atoms with Gasteiger partial charge in [0.05, 0.1) is 17.6 Å². The number of hydrogen-bond acceptors (Lipinski definition) is 2. The molecule has 0 saturated carbocycles. The van der Waals surface area contributed by atoms with Crippen LogP contribution in [0.5, 0.6) is 0 Å². The van der Waals surface area contributed by atoms with Crippen molar-refractivity contribution in [2.24, 2.45) is 0 Å². The SMILES string of the molecule is O=C(NCc1nc2ccccc2[nH]1)c1cc(Cl)cc(Cl)c1. The highest BCUT2D eigenvalue weighted by atomic mass is 35.5. The second kappa shape index (κ2) is 5.76. The lowest BCUT2D eigenvalue weighted by molar-refractivity contribution is 0.0950. The molecule has 106 valence electrons. The molecule has 0 aliphatic heterocycles. The summed E-state index contributed by atoms with van der Waals surface area (Å²) in [5, 5.41) is 3.64. The van der Waals surface area contributed by atoms with Crippen LogP contribution in [0.2, 0.25) is 10.0 Å². The molecule has 21 heavy (non-hydrogen) atoms. The number of carbonyl (C=O) groups excluding carboxylic acids is 1. The molecule has 2 N–H and O–H groups in total. The van der Waals surface area contributed by atoms with Gasteiger partial charge in [-0.3, -0.25) is 4.79 Å². The molecule has 0 atom stereocenters. The Kier molecular flexibility index (Phi) is 3.82. The van der Waals surface area contributed by atoms with E-state index in [4.69, 9.17) is 23.2 Å². The van der Waals surface area contributed by atoms with Gasteiger partial charge >= 0.3 is 0 Å². The minimum atomic E-state index is -0.250. The van der Waals surface area contributed by atoms with Crippen LogP contribution in [-0.4, -0.2) is 15.9 Å². The monoisotopic (exact) mass is 319 g/mol. The summed E-state index contributed by atoms with van der Waals surface area (Å²) < 4.78 is 0. The highest BCUT2D eigenvalue weighted by Gasteiger charge is 2.09. The van der Waals surface area contributed by atoms with Crippen LogP contribution in [0.25, 0.3) is 11.0 Å². The lowest BCUT2D eigenvalue weighted by atomic mass is 10.2. The van der Waals surface area contributed by atoms with Gasteiger partial charge in [-0.25, -0.2) is 4.98 Å². The molecule has 0 fully saturated rings. The maximum atomic E-state index is 12.1. The standard InChI is InChI=1S/C15H11Cl2N3O/c16-10-5-9(6-11(17)7-10)15(21)18-8-14-19-12-3-1-2-4-13(12)20-14/h1-7H,8H2,(H,18,21)(H,19,20). The molecule has 0 aliphatic carbocycles. The van der Waals surface area contributed by atoms with E-state index in [1.165, 1.54) is 0 Å². The topological polar surface area (TPSA) is 57.8 Å². The molecule has 3 rings (SSSR count). The van der Waals surface area contributed by atoms with Gasteiger partial charge in [-0.05, 0) is 30.3 Å². The second-order valence-electron chi connectivity index (χ2n) is 4.54. The van der Waals surface area contributed by atoms with E-state index < -0.39 is 0 Å². The Bertz CT molecular complexity index is 760. The van der Waals surface area contributed by atoms with Gasteiger partial charge in [0.2, 0.25) is 0 Å². The van der Waals surface area contributed by atoms with Crippen molar-refractivity contribution < 1.29 is 4.79 Å². The van der Waals surface area contributed by atoms with Gasteiger partial charge < -0.3 is 10.3 Å². The minimum Gasteiger partial charge on any atom is -0.345 e. The molecule has 4 nitrogen and oxygen atoms in total. The lowest BCUT2D eigenvalue weighted by Crippen LogP contribution is -2.23. The highest BCUT2D eigenvalue weighted by molar-refractivity contribution is 6.35. The van der Waals surface area contributed by atoms with Crippen molar-refractivity contribution in [2.45, 2.75) is 6.54 Å². The zero-order chi connectivity index (χ0) is 14.8. The van der Waals surface area contributed by atoms with E-state index in [2.05, 4.69) is 15.3 Å². The first-order valence-electron chi connectivity index (χ1n) is 6.30. The molecule has 0 aliphatic rings. The molecular formula is C15H11Cl2N3O. The van der Waals surface area contributed by atoms with Crippen LogP contribution in [0.15, 0.2) is 42.5 Å². The maximum absolute atomic E-state index is 12.1. The number of para-hydroxylation sites is 2. The van der Waals surface area contributed by atoms with Gasteiger partial charge in [0.1, 0.15) is 5.82 Å². The Balaban J connectivity index is 1.73. The van der Waals surface area contributed by atoms with Crippen LogP contribution < -0.4 is 5.32 Å². The average molecular weight is 320 g/mol. The van der Waals surface area contributed by atoms with Crippen molar-refractivity contribution in [3.05, 3.63) is 63.9 Å². The number of carbonyl (C=O) groups is 1. The van der Waals surface area contributed by atoms with Crippen LogP contribution in [-0.2, 0) is 6.54 Å². The first-order valence-corrected chi connectivity index (χ1v) is 7.05. The van der Waals surface area contributed by atoms with Gasteiger partial charge in [0, 0.05) is 15.6 Å². The first-order chi connectivity index (χ1) is 10.1. The van der Waals surface area contributed by atoms with E-state index in [1.54, 1.807) is 18.2 Å². The number of halogens is 2. The van der Waals surface area contributed by atoms with Crippen LogP contribution in [0.3, 0.4) is 0 Å². The number of imidazole rings is 1. The third kappa shape index (κ3) is 3.17. The molecular weight excluding hydrogens is 309 g/mol. The van der Waals surface area contributed by atoms with Crippen molar-refractivity contribution >= 4 is 40.1 Å². The molecule has 1 amide bonds. The van der Waals surface area contributed by atoms with E-state index in [-0.39, 0.29) is 5.91 Å². The summed E-state index contributed by atoms with van der Waals surface area (Å²) in [7, 11) is 0. The third-order valence-corrected chi connectivity index (χ3v) is 3.42. The Hall–Kier alpha value is -2.04. The lowest BCUT2D eigenvalue weighted by Gasteiger charge is -2.04. The number of aromatic amines is 1. The summed E-state index contributed by atoms with van der Waals surface area (Å²) in [5.41, 5.74) is 2.23. The Morgan fingerprint density at radius 3 is 2.57 bits per heavy atom. The number of benzene rings is 2. The summed E-state index contributed by atoms with van der Waals surface area (Å²) in [6.45, 7) is 0.303. The largest absolute Gasteiger partial charge is 0.345 e. The number of rotatable bonds is 3. The fraction of sp³-hybridized carbons (Fsp3) is 0.0667. The molecule has 1 heterocycles. The van der Waals surface area contributed by atoms with Crippen molar-refractivity contribution in [2.75, 3.05) is 0 Å². The molecule has 0 unspecified atom stereocenters. The number of hydrogen-bond donors (Lipinski definition) is 2. The highest BCUT2D eigenvalue weighted by Crippen LogP contribution is 2.19. The summed E-state index contributed by atoms with van der Waals surface area (Å²) >= 11 is 11.8. The Labute approximate surface area is 131 Å². The van der Waals surface area contributed by atoms with Crippen molar-refractivity contribution in [1.29, 1.82) is 0 Å². The summed E-state index contributed by atoms with van der Waals surface area (Å²) in [5.74, 6) is 0.442. The van der Waals surface area contributed by atoms with Crippen LogP contribution in [0.4, 0.5) is 0 Å². The van der Waals surface area contributed by atoms with E-state index in [1.807, 2.05) is 24.3 Å². The molecule has 2 aromatic carbocycles. The smallest absolute Gasteiger partial charge is 0.251 e. The van der Waals surface area contributed by atoms with E-state index in [0.717, 1.165) is 11.0 Å².